The number of H-pyrrole nitrogens is 1. The number of carbonyl (C=O) groups excluding carboxylic acids is 1. The van der Waals surface area contributed by atoms with Crippen LogP contribution in [0.25, 0.3) is 10.2 Å². The van der Waals surface area contributed by atoms with Crippen molar-refractivity contribution in [1.29, 1.82) is 0 Å². The number of aromatic nitrogens is 1. The Kier molecular flexibility index (Phi) is 4.63. The van der Waals surface area contributed by atoms with Gasteiger partial charge in [-0.05, 0) is 51.1 Å². The van der Waals surface area contributed by atoms with E-state index in [1.54, 1.807) is 17.6 Å². The summed E-state index contributed by atoms with van der Waals surface area (Å²) in [5.41, 5.74) is 2.89. The summed E-state index contributed by atoms with van der Waals surface area (Å²) in [4.78, 5) is 19.8. The molecule has 3 aromatic heterocycles. The quantitative estimate of drug-likeness (QED) is 0.724. The number of nitrogens with zero attached hydrogens (tertiary/aromatic N) is 1. The molecule has 1 aliphatic heterocycles. The van der Waals surface area contributed by atoms with Crippen molar-refractivity contribution in [1.82, 2.24) is 15.2 Å². The van der Waals surface area contributed by atoms with Crippen LogP contribution in [0.3, 0.4) is 0 Å². The Balaban J connectivity index is 1.58. The third kappa shape index (κ3) is 3.50. The van der Waals surface area contributed by atoms with Gasteiger partial charge in [-0.3, -0.25) is 9.69 Å². The summed E-state index contributed by atoms with van der Waals surface area (Å²) >= 11 is 1.76. The van der Waals surface area contributed by atoms with Crippen LogP contribution in [-0.2, 0) is 13.1 Å². The normalized spacial score (nSPS) is 15.7. The number of piperidine rings is 1. The van der Waals surface area contributed by atoms with Gasteiger partial charge in [-0.25, -0.2) is 0 Å². The van der Waals surface area contributed by atoms with E-state index in [0.717, 1.165) is 36.5 Å². The van der Waals surface area contributed by atoms with E-state index in [1.165, 1.54) is 28.8 Å². The van der Waals surface area contributed by atoms with Gasteiger partial charge in [0.1, 0.15) is 11.5 Å². The molecule has 0 atom stereocenters. The molecule has 1 amide bonds. The summed E-state index contributed by atoms with van der Waals surface area (Å²) in [5.74, 6) is 0.694. The molecule has 0 aromatic carbocycles. The van der Waals surface area contributed by atoms with E-state index in [0.29, 0.717) is 12.2 Å². The van der Waals surface area contributed by atoms with Crippen molar-refractivity contribution < 1.29 is 9.21 Å². The molecule has 5 nitrogen and oxygen atoms in total. The maximum atomic E-state index is 12.8. The monoisotopic (exact) mass is 357 g/mol. The van der Waals surface area contributed by atoms with Gasteiger partial charge in [0.25, 0.3) is 5.91 Å². The largest absolute Gasteiger partial charge is 0.467 e. The molecule has 4 heterocycles. The molecule has 25 heavy (non-hydrogen) atoms. The Hall–Kier alpha value is -2.05. The van der Waals surface area contributed by atoms with Crippen LogP contribution >= 0.6 is 11.3 Å². The molecule has 0 bridgehead atoms. The SMILES string of the molecule is Cc1cc2[nH]c(C(=O)NCc3ccco3)c(CN3CCCCC3)c2s1. The van der Waals surface area contributed by atoms with Crippen molar-refractivity contribution in [2.45, 2.75) is 39.3 Å². The first-order valence-corrected chi connectivity index (χ1v) is 9.66. The van der Waals surface area contributed by atoms with E-state index in [9.17, 15) is 4.79 Å². The lowest BCUT2D eigenvalue weighted by Crippen LogP contribution is -2.30. The maximum Gasteiger partial charge on any atom is 0.268 e. The van der Waals surface area contributed by atoms with Crippen LogP contribution < -0.4 is 5.32 Å². The number of rotatable bonds is 5. The number of amides is 1. The predicted octanol–water partition coefficient (Wildman–Crippen LogP) is 4.05. The highest BCUT2D eigenvalue weighted by molar-refractivity contribution is 7.19. The van der Waals surface area contributed by atoms with Crippen LogP contribution in [0.5, 0.6) is 0 Å². The molecule has 3 aromatic rings. The minimum atomic E-state index is -0.0653. The van der Waals surface area contributed by atoms with Gasteiger partial charge in [0.2, 0.25) is 0 Å². The number of aryl methyl sites for hydroxylation is 1. The lowest BCUT2D eigenvalue weighted by atomic mass is 10.1. The van der Waals surface area contributed by atoms with Gasteiger partial charge < -0.3 is 14.7 Å². The molecule has 132 valence electrons. The highest BCUT2D eigenvalue weighted by atomic mass is 32.1. The zero-order valence-electron chi connectivity index (χ0n) is 14.4. The van der Waals surface area contributed by atoms with Crippen LogP contribution in [0, 0.1) is 6.92 Å². The minimum absolute atomic E-state index is 0.0653. The van der Waals surface area contributed by atoms with Crippen molar-refractivity contribution in [2.75, 3.05) is 13.1 Å². The van der Waals surface area contributed by atoms with Gasteiger partial charge in [0, 0.05) is 17.0 Å². The first-order valence-electron chi connectivity index (χ1n) is 8.84. The molecule has 0 spiro atoms. The Morgan fingerprint density at radius 1 is 1.36 bits per heavy atom. The lowest BCUT2D eigenvalue weighted by Gasteiger charge is -2.26. The Morgan fingerprint density at radius 3 is 2.96 bits per heavy atom. The minimum Gasteiger partial charge on any atom is -0.467 e. The summed E-state index contributed by atoms with van der Waals surface area (Å²) in [6.45, 7) is 5.58. The Bertz CT molecular complexity index is 857. The number of fused-ring (bicyclic) bond motifs is 1. The second-order valence-electron chi connectivity index (χ2n) is 6.68. The van der Waals surface area contributed by atoms with Gasteiger partial charge in [0.15, 0.2) is 0 Å². The number of hydrogen-bond donors (Lipinski definition) is 2. The van der Waals surface area contributed by atoms with Gasteiger partial charge in [-0.15, -0.1) is 11.3 Å². The van der Waals surface area contributed by atoms with Crippen molar-refractivity contribution in [3.8, 4) is 0 Å². The molecule has 0 unspecified atom stereocenters. The fourth-order valence-corrected chi connectivity index (χ4v) is 4.52. The highest BCUT2D eigenvalue weighted by Crippen LogP contribution is 2.32. The summed E-state index contributed by atoms with van der Waals surface area (Å²) in [5, 5.41) is 2.97. The standard InChI is InChI=1S/C19H23N3O2S/c1-13-10-16-18(25-13)15(12-22-7-3-2-4-8-22)17(21-16)19(23)20-11-14-6-5-9-24-14/h5-6,9-10,21H,2-4,7-8,11-12H2,1H3,(H,20,23). The number of furan rings is 1. The first-order chi connectivity index (χ1) is 12.2. The molecule has 0 saturated carbocycles. The van der Waals surface area contributed by atoms with E-state index >= 15 is 0 Å². The van der Waals surface area contributed by atoms with Gasteiger partial charge >= 0.3 is 0 Å². The molecular formula is C19H23N3O2S. The molecule has 1 saturated heterocycles. The lowest BCUT2D eigenvalue weighted by molar-refractivity contribution is 0.0941. The number of thiophene rings is 1. The molecule has 2 N–H and O–H groups in total. The van der Waals surface area contributed by atoms with E-state index < -0.39 is 0 Å². The van der Waals surface area contributed by atoms with Crippen LogP contribution in [0.15, 0.2) is 28.9 Å². The fraction of sp³-hybridized carbons (Fsp3) is 0.421. The van der Waals surface area contributed by atoms with Crippen LogP contribution in [0.2, 0.25) is 0 Å². The van der Waals surface area contributed by atoms with Gasteiger partial charge in [-0.1, -0.05) is 6.42 Å². The van der Waals surface area contributed by atoms with Crippen LogP contribution in [0.4, 0.5) is 0 Å². The Morgan fingerprint density at radius 2 is 2.20 bits per heavy atom. The summed E-state index contributed by atoms with van der Waals surface area (Å²) in [6.07, 6.45) is 5.43. The maximum absolute atomic E-state index is 12.8. The number of aromatic amines is 1. The van der Waals surface area contributed by atoms with Gasteiger partial charge in [-0.2, -0.15) is 0 Å². The molecule has 6 heteroatoms. The highest BCUT2D eigenvalue weighted by Gasteiger charge is 2.22. The molecular weight excluding hydrogens is 334 g/mol. The smallest absolute Gasteiger partial charge is 0.268 e. The molecule has 0 aliphatic carbocycles. The first kappa shape index (κ1) is 16.4. The number of likely N-dealkylation sites (tertiary alicyclic amines) is 1. The second kappa shape index (κ2) is 7.06. The summed E-state index contributed by atoms with van der Waals surface area (Å²) in [6, 6.07) is 5.82. The van der Waals surface area contributed by atoms with Crippen molar-refractivity contribution in [2.24, 2.45) is 0 Å². The number of carbonyl (C=O) groups is 1. The third-order valence-electron chi connectivity index (χ3n) is 4.75. The van der Waals surface area contributed by atoms with E-state index in [1.807, 2.05) is 12.1 Å². The van der Waals surface area contributed by atoms with Crippen molar-refractivity contribution >= 4 is 27.5 Å². The van der Waals surface area contributed by atoms with E-state index in [-0.39, 0.29) is 5.91 Å². The average molecular weight is 357 g/mol. The topological polar surface area (TPSA) is 61.3 Å². The molecule has 1 fully saturated rings. The van der Waals surface area contributed by atoms with Crippen LogP contribution in [0.1, 0.15) is 46.0 Å². The number of nitrogens with one attached hydrogen (secondary N) is 2. The van der Waals surface area contributed by atoms with Crippen LogP contribution in [-0.4, -0.2) is 28.9 Å². The zero-order valence-corrected chi connectivity index (χ0v) is 15.2. The van der Waals surface area contributed by atoms with E-state index in [4.69, 9.17) is 4.42 Å². The average Bonchev–Trinajstić information content (AvgIpc) is 3.32. The van der Waals surface area contributed by atoms with E-state index in [2.05, 4.69) is 28.2 Å². The van der Waals surface area contributed by atoms with Crippen molar-refractivity contribution in [3.63, 3.8) is 0 Å². The predicted molar refractivity (Wildman–Crippen MR) is 99.9 cm³/mol. The molecule has 0 radical (unpaired) electrons. The fourth-order valence-electron chi connectivity index (χ4n) is 3.51. The third-order valence-corrected chi connectivity index (χ3v) is 5.86. The zero-order chi connectivity index (χ0) is 17.2. The number of hydrogen-bond acceptors (Lipinski definition) is 4. The summed E-state index contributed by atoms with van der Waals surface area (Å²) in [7, 11) is 0. The summed E-state index contributed by atoms with van der Waals surface area (Å²) < 4.78 is 6.51. The second-order valence-corrected chi connectivity index (χ2v) is 7.93. The van der Waals surface area contributed by atoms with Crippen molar-refractivity contribution in [3.05, 3.63) is 46.4 Å². The Labute approximate surface area is 151 Å². The molecule has 1 aliphatic rings. The molecule has 4 rings (SSSR count). The van der Waals surface area contributed by atoms with Gasteiger partial charge in [0.05, 0.1) is 23.0 Å².